The molecule has 0 aliphatic heterocycles. The van der Waals surface area contributed by atoms with Crippen molar-refractivity contribution < 1.29 is 5.11 Å². The fraction of sp³-hybridized carbons (Fsp3) is 1.00. The van der Waals surface area contributed by atoms with Crippen molar-refractivity contribution >= 4 is 0 Å². The van der Waals surface area contributed by atoms with Crippen LogP contribution in [0.2, 0.25) is 0 Å². The van der Waals surface area contributed by atoms with Gasteiger partial charge in [-0.25, -0.2) is 0 Å². The third-order valence-corrected chi connectivity index (χ3v) is 4.84. The predicted octanol–water partition coefficient (Wildman–Crippen LogP) is 3.44. The molecule has 0 aromatic carbocycles. The average molecular weight is 253 g/mol. The molecule has 2 fully saturated rings. The molecule has 106 valence electrons. The smallest absolute Gasteiger partial charge is 0.0695 e. The predicted molar refractivity (Wildman–Crippen MR) is 76.6 cm³/mol. The van der Waals surface area contributed by atoms with Crippen LogP contribution >= 0.6 is 0 Å². The summed E-state index contributed by atoms with van der Waals surface area (Å²) in [5.41, 5.74) is 0. The van der Waals surface area contributed by atoms with Gasteiger partial charge in [0.1, 0.15) is 0 Å². The lowest BCUT2D eigenvalue weighted by molar-refractivity contribution is -0.0185. The molecule has 18 heavy (non-hydrogen) atoms. The second-order valence-corrected chi connectivity index (χ2v) is 7.08. The lowest BCUT2D eigenvalue weighted by atomic mass is 9.83. The molecule has 0 bridgehead atoms. The number of hydrogen-bond donors (Lipinski definition) is 1. The van der Waals surface area contributed by atoms with E-state index in [4.69, 9.17) is 0 Å². The topological polar surface area (TPSA) is 23.5 Å². The zero-order valence-electron chi connectivity index (χ0n) is 12.4. The van der Waals surface area contributed by atoms with Crippen molar-refractivity contribution in [3.8, 4) is 0 Å². The molecule has 0 radical (unpaired) electrons. The molecule has 0 spiro atoms. The molecule has 3 unspecified atom stereocenters. The van der Waals surface area contributed by atoms with E-state index in [-0.39, 0.29) is 6.10 Å². The number of aliphatic hydroxyl groups excluding tert-OH is 1. The first-order valence-corrected chi connectivity index (χ1v) is 8.01. The molecular formula is C16H31NO. The van der Waals surface area contributed by atoms with Crippen LogP contribution in [0.25, 0.3) is 0 Å². The van der Waals surface area contributed by atoms with E-state index in [1.165, 1.54) is 45.1 Å². The van der Waals surface area contributed by atoms with Gasteiger partial charge in [-0.1, -0.05) is 33.6 Å². The Bertz CT molecular complexity index is 247. The second kappa shape index (κ2) is 6.38. The summed E-state index contributed by atoms with van der Waals surface area (Å²) in [7, 11) is 0. The van der Waals surface area contributed by atoms with Crippen LogP contribution in [0.5, 0.6) is 0 Å². The zero-order chi connectivity index (χ0) is 13.1. The molecule has 2 rings (SSSR count). The van der Waals surface area contributed by atoms with Gasteiger partial charge in [0.25, 0.3) is 0 Å². The summed E-state index contributed by atoms with van der Waals surface area (Å²) in [4.78, 5) is 2.68. The summed E-state index contributed by atoms with van der Waals surface area (Å²) < 4.78 is 0. The molecule has 2 nitrogen and oxygen atoms in total. The first kappa shape index (κ1) is 14.3. The molecule has 2 aliphatic carbocycles. The molecule has 0 saturated heterocycles. The van der Waals surface area contributed by atoms with E-state index >= 15 is 0 Å². The largest absolute Gasteiger partial charge is 0.391 e. The van der Waals surface area contributed by atoms with Crippen molar-refractivity contribution in [1.82, 2.24) is 4.90 Å². The van der Waals surface area contributed by atoms with Gasteiger partial charge < -0.3 is 5.11 Å². The van der Waals surface area contributed by atoms with E-state index in [2.05, 4.69) is 25.7 Å². The first-order chi connectivity index (χ1) is 8.58. The van der Waals surface area contributed by atoms with Crippen molar-refractivity contribution in [2.24, 2.45) is 11.8 Å². The highest BCUT2D eigenvalue weighted by Gasteiger charge is 2.36. The summed E-state index contributed by atoms with van der Waals surface area (Å²) in [6.45, 7) is 8.13. The van der Waals surface area contributed by atoms with E-state index in [0.717, 1.165) is 18.4 Å². The van der Waals surface area contributed by atoms with Gasteiger partial charge in [0, 0.05) is 18.6 Å². The molecular weight excluding hydrogens is 222 g/mol. The van der Waals surface area contributed by atoms with Crippen LogP contribution in [0.4, 0.5) is 0 Å². The Balaban J connectivity index is 2.05. The summed E-state index contributed by atoms with van der Waals surface area (Å²) in [5.74, 6) is 1.49. The summed E-state index contributed by atoms with van der Waals surface area (Å²) >= 11 is 0. The van der Waals surface area contributed by atoms with Crippen LogP contribution in [0.3, 0.4) is 0 Å². The third-order valence-electron chi connectivity index (χ3n) is 4.84. The number of hydrogen-bond acceptors (Lipinski definition) is 2. The summed E-state index contributed by atoms with van der Waals surface area (Å²) in [6.07, 6.45) is 8.81. The zero-order valence-corrected chi connectivity index (χ0v) is 12.4. The minimum atomic E-state index is -0.0828. The van der Waals surface area contributed by atoms with Crippen LogP contribution in [0, 0.1) is 11.8 Å². The SMILES string of the molecule is CC(C)CN(C1CCCC1)C1CC(C)CCC1O. The minimum Gasteiger partial charge on any atom is -0.391 e. The van der Waals surface area contributed by atoms with Crippen molar-refractivity contribution in [3.63, 3.8) is 0 Å². The second-order valence-electron chi connectivity index (χ2n) is 7.08. The molecule has 0 aromatic heterocycles. The highest BCUT2D eigenvalue weighted by Crippen LogP contribution is 2.33. The average Bonchev–Trinajstić information content (AvgIpc) is 2.82. The van der Waals surface area contributed by atoms with Gasteiger partial charge in [-0.3, -0.25) is 4.90 Å². The molecule has 0 aromatic rings. The van der Waals surface area contributed by atoms with E-state index in [9.17, 15) is 5.11 Å². The van der Waals surface area contributed by atoms with E-state index in [0.29, 0.717) is 12.0 Å². The first-order valence-electron chi connectivity index (χ1n) is 8.01. The Morgan fingerprint density at radius 2 is 1.78 bits per heavy atom. The molecule has 2 heteroatoms. The van der Waals surface area contributed by atoms with E-state index in [1.807, 2.05) is 0 Å². The molecule has 1 N–H and O–H groups in total. The normalized spacial score (nSPS) is 34.7. The Kier molecular flexibility index (Phi) is 5.08. The molecule has 2 aliphatic rings. The Morgan fingerprint density at radius 3 is 2.39 bits per heavy atom. The van der Waals surface area contributed by atoms with Crippen LogP contribution in [0.15, 0.2) is 0 Å². The fourth-order valence-electron chi connectivity index (χ4n) is 3.90. The van der Waals surface area contributed by atoms with Gasteiger partial charge in [-0.15, -0.1) is 0 Å². The van der Waals surface area contributed by atoms with Gasteiger partial charge in [0.15, 0.2) is 0 Å². The van der Waals surface area contributed by atoms with Gasteiger partial charge in [-0.2, -0.15) is 0 Å². The van der Waals surface area contributed by atoms with Gasteiger partial charge in [0.2, 0.25) is 0 Å². The lowest BCUT2D eigenvalue weighted by Crippen LogP contribution is -2.52. The molecule has 2 saturated carbocycles. The maximum atomic E-state index is 10.4. The lowest BCUT2D eigenvalue weighted by Gasteiger charge is -2.43. The maximum Gasteiger partial charge on any atom is 0.0695 e. The summed E-state index contributed by atoms with van der Waals surface area (Å²) in [6, 6.07) is 1.18. The standard InChI is InChI=1S/C16H31NO/c1-12(2)11-17(14-6-4-5-7-14)15-10-13(3)8-9-16(15)18/h12-16,18H,4-11H2,1-3H3. The minimum absolute atomic E-state index is 0.0828. The Morgan fingerprint density at radius 1 is 1.11 bits per heavy atom. The fourth-order valence-corrected chi connectivity index (χ4v) is 3.90. The van der Waals surface area contributed by atoms with Crippen LogP contribution in [-0.4, -0.2) is 34.7 Å². The van der Waals surface area contributed by atoms with Crippen LogP contribution < -0.4 is 0 Å². The van der Waals surface area contributed by atoms with Gasteiger partial charge in [0.05, 0.1) is 6.10 Å². The van der Waals surface area contributed by atoms with Gasteiger partial charge in [-0.05, 0) is 43.9 Å². The van der Waals surface area contributed by atoms with Crippen molar-refractivity contribution in [2.75, 3.05) is 6.54 Å². The van der Waals surface area contributed by atoms with Crippen molar-refractivity contribution in [1.29, 1.82) is 0 Å². The Labute approximate surface area is 113 Å². The van der Waals surface area contributed by atoms with Crippen molar-refractivity contribution in [2.45, 2.75) is 83.9 Å². The van der Waals surface area contributed by atoms with E-state index in [1.54, 1.807) is 0 Å². The number of aliphatic hydroxyl groups is 1. The van der Waals surface area contributed by atoms with E-state index < -0.39 is 0 Å². The van der Waals surface area contributed by atoms with Crippen LogP contribution in [0.1, 0.15) is 65.7 Å². The van der Waals surface area contributed by atoms with Crippen molar-refractivity contribution in [3.05, 3.63) is 0 Å². The Hall–Kier alpha value is -0.0800. The highest BCUT2D eigenvalue weighted by atomic mass is 16.3. The highest BCUT2D eigenvalue weighted by molar-refractivity contribution is 4.90. The monoisotopic (exact) mass is 253 g/mol. The third kappa shape index (κ3) is 3.48. The van der Waals surface area contributed by atoms with Crippen LogP contribution in [-0.2, 0) is 0 Å². The number of rotatable bonds is 4. The molecule has 3 atom stereocenters. The summed E-state index contributed by atoms with van der Waals surface area (Å²) in [5, 5.41) is 10.4. The maximum absolute atomic E-state index is 10.4. The van der Waals surface area contributed by atoms with Gasteiger partial charge >= 0.3 is 0 Å². The number of nitrogens with zero attached hydrogens (tertiary/aromatic N) is 1. The molecule has 0 heterocycles. The molecule has 0 amide bonds. The quantitative estimate of drug-likeness (QED) is 0.829.